The number of rotatable bonds is 13. The molecule has 0 saturated carbocycles. The number of carbonyl (C=O) groups excluding carboxylic acids is 1. The second-order valence-electron chi connectivity index (χ2n) is 6.13. The van der Waals surface area contributed by atoms with Crippen molar-refractivity contribution >= 4 is 30.9 Å². The molecule has 9 heteroatoms. The minimum Gasteiger partial charge on any atom is -0.258 e. The average molecular weight is 404 g/mol. The van der Waals surface area contributed by atoms with E-state index in [0.29, 0.717) is 10.6 Å². The third kappa shape index (κ3) is 8.10. The number of unbranched alkanes of at least 4 members (excludes halogenated alkanes) is 7. The van der Waals surface area contributed by atoms with Crippen LogP contribution in [0, 0.1) is 10.1 Å². The predicted octanol–water partition coefficient (Wildman–Crippen LogP) is 4.71. The summed E-state index contributed by atoms with van der Waals surface area (Å²) in [5, 5.41) is 10.9. The molecule has 7 nitrogen and oxygen atoms in total. The largest absolute Gasteiger partial charge is 0.483 e. The van der Waals surface area contributed by atoms with Gasteiger partial charge in [0.2, 0.25) is 0 Å². The van der Waals surface area contributed by atoms with Gasteiger partial charge in [-0.25, -0.2) is 4.79 Å². The van der Waals surface area contributed by atoms with Crippen molar-refractivity contribution in [3.8, 4) is 0 Å². The Hall–Kier alpha value is -1.05. The van der Waals surface area contributed by atoms with Crippen LogP contribution in [0.5, 0.6) is 0 Å². The molecule has 0 fully saturated rings. The fourth-order valence-electron chi connectivity index (χ4n) is 2.50. The summed E-state index contributed by atoms with van der Waals surface area (Å²) in [4.78, 5) is 50.2. The van der Waals surface area contributed by atoms with Gasteiger partial charge >= 0.3 is 13.5 Å². The van der Waals surface area contributed by atoms with Gasteiger partial charge in [-0.1, -0.05) is 51.9 Å². The zero-order valence-electron chi connectivity index (χ0n) is 15.0. The summed E-state index contributed by atoms with van der Waals surface area (Å²) in [6, 6.07) is 3.66. The van der Waals surface area contributed by atoms with Crippen LogP contribution in [0.2, 0.25) is 0 Å². The Bertz CT molecular complexity index is 605. The second-order valence-corrected chi connectivity index (χ2v) is 8.81. The van der Waals surface area contributed by atoms with E-state index in [4.69, 9.17) is 0 Å². The highest BCUT2D eigenvalue weighted by Gasteiger charge is 2.45. The molecule has 0 aliphatic rings. The van der Waals surface area contributed by atoms with Gasteiger partial charge in [0.15, 0.2) is 0 Å². The highest BCUT2D eigenvalue weighted by molar-refractivity contribution is 7.99. The van der Waals surface area contributed by atoms with E-state index in [2.05, 4.69) is 6.92 Å². The zero-order valence-corrected chi connectivity index (χ0v) is 16.7. The molecule has 0 saturated heterocycles. The van der Waals surface area contributed by atoms with Crippen molar-refractivity contribution in [2.24, 2.45) is 0 Å². The molecule has 0 aliphatic carbocycles. The van der Waals surface area contributed by atoms with Gasteiger partial charge in [0.25, 0.3) is 5.69 Å². The molecule has 0 aliphatic heterocycles. The Labute approximate surface area is 158 Å². The molecular formula is C17H27NO6PS+. The Morgan fingerprint density at radius 2 is 1.65 bits per heavy atom. The van der Waals surface area contributed by atoms with Gasteiger partial charge in [0.1, 0.15) is 0 Å². The van der Waals surface area contributed by atoms with E-state index < -0.39 is 18.4 Å². The lowest BCUT2D eigenvalue weighted by Gasteiger charge is -2.08. The number of carbonyl (C=O) groups is 1. The Morgan fingerprint density at radius 1 is 1.08 bits per heavy atom. The van der Waals surface area contributed by atoms with Crippen LogP contribution in [0.4, 0.5) is 5.69 Å². The quantitative estimate of drug-likeness (QED) is 0.143. The van der Waals surface area contributed by atoms with Crippen molar-refractivity contribution in [3.05, 3.63) is 33.9 Å². The molecule has 1 rings (SSSR count). The molecule has 0 aromatic heterocycles. The van der Waals surface area contributed by atoms with Gasteiger partial charge in [0, 0.05) is 17.0 Å². The third-order valence-electron chi connectivity index (χ3n) is 3.93. The number of nitro groups is 1. The minimum absolute atomic E-state index is 0.218. The van der Waals surface area contributed by atoms with E-state index in [-0.39, 0.29) is 11.3 Å². The van der Waals surface area contributed by atoms with E-state index in [9.17, 15) is 29.6 Å². The molecule has 0 amide bonds. The van der Waals surface area contributed by atoms with Gasteiger partial charge in [0.05, 0.1) is 10.5 Å². The summed E-state index contributed by atoms with van der Waals surface area (Å²) < 4.78 is 0. The number of non-ortho nitro benzene ring substituents is 1. The molecule has 0 bridgehead atoms. The topological polar surface area (TPSA) is 121 Å². The molecule has 0 heterocycles. The SMILES string of the molecule is CCCCCCCCCCSc1ccc([N+](=O)[O-])cc1C(=O)[P+](O)(O)O. The van der Waals surface area contributed by atoms with Crippen LogP contribution in [0.15, 0.2) is 23.1 Å². The van der Waals surface area contributed by atoms with Crippen molar-refractivity contribution in [1.29, 1.82) is 0 Å². The number of hydrogen-bond acceptors (Lipinski definition) is 7. The number of nitrogens with zero attached hydrogens (tertiary/aromatic N) is 1. The normalized spacial score (nSPS) is 11.5. The summed E-state index contributed by atoms with van der Waals surface area (Å²) >= 11 is 1.32. The van der Waals surface area contributed by atoms with Crippen molar-refractivity contribution in [1.82, 2.24) is 0 Å². The van der Waals surface area contributed by atoms with Gasteiger partial charge in [-0.2, -0.15) is 14.7 Å². The van der Waals surface area contributed by atoms with Gasteiger partial charge < -0.3 is 0 Å². The smallest absolute Gasteiger partial charge is 0.258 e. The van der Waals surface area contributed by atoms with Crippen LogP contribution in [-0.4, -0.2) is 30.9 Å². The highest BCUT2D eigenvalue weighted by Crippen LogP contribution is 2.49. The summed E-state index contributed by atoms with van der Waals surface area (Å²) in [6.07, 6.45) is 9.37. The molecule has 3 N–H and O–H groups in total. The Balaban J connectivity index is 2.58. The number of benzene rings is 1. The molecule has 1 aromatic rings. The first-order chi connectivity index (χ1) is 12.3. The fourth-order valence-corrected chi connectivity index (χ4v) is 4.13. The van der Waals surface area contributed by atoms with Crippen LogP contribution in [0.1, 0.15) is 68.6 Å². The second kappa shape index (κ2) is 11.6. The standard InChI is InChI=1S/C17H27NO6PS/c1-2-3-4-5-6-7-8-9-12-26-16-11-10-14(18(20)21)13-15(16)17(19)25(22,23)24/h10-11,13,22-24H,2-9,12H2,1H3/q+1. The van der Waals surface area contributed by atoms with E-state index in [1.807, 2.05) is 0 Å². The summed E-state index contributed by atoms with van der Waals surface area (Å²) in [7, 11) is -4.74. The lowest BCUT2D eigenvalue weighted by molar-refractivity contribution is -0.384. The van der Waals surface area contributed by atoms with Crippen molar-refractivity contribution in [3.63, 3.8) is 0 Å². The molecule has 26 heavy (non-hydrogen) atoms. The number of thioether (sulfide) groups is 1. The van der Waals surface area contributed by atoms with Crippen LogP contribution < -0.4 is 0 Å². The number of hydrogen-bond donors (Lipinski definition) is 3. The lowest BCUT2D eigenvalue weighted by atomic mass is 10.1. The van der Waals surface area contributed by atoms with Gasteiger partial charge in [-0.05, 0) is 18.2 Å². The third-order valence-corrected chi connectivity index (χ3v) is 5.88. The molecule has 0 unspecified atom stereocenters. The summed E-state index contributed by atoms with van der Waals surface area (Å²) in [5.74, 6) is 0.709. The van der Waals surface area contributed by atoms with Crippen molar-refractivity contribution in [2.45, 2.75) is 63.2 Å². The maximum atomic E-state index is 12.0. The maximum Gasteiger partial charge on any atom is 0.483 e. The zero-order chi connectivity index (χ0) is 19.6. The Kier molecular flexibility index (Phi) is 10.3. The van der Waals surface area contributed by atoms with E-state index >= 15 is 0 Å². The minimum atomic E-state index is -4.74. The van der Waals surface area contributed by atoms with Crippen LogP contribution in [-0.2, 0) is 0 Å². The molecule has 146 valence electrons. The van der Waals surface area contributed by atoms with E-state index in [1.165, 1.54) is 56.0 Å². The molecule has 0 spiro atoms. The van der Waals surface area contributed by atoms with Crippen molar-refractivity contribution in [2.75, 3.05) is 5.75 Å². The van der Waals surface area contributed by atoms with E-state index in [1.54, 1.807) is 0 Å². The molecular weight excluding hydrogens is 377 g/mol. The van der Waals surface area contributed by atoms with Crippen LogP contribution >= 0.6 is 19.7 Å². The predicted molar refractivity (Wildman–Crippen MR) is 104 cm³/mol. The van der Waals surface area contributed by atoms with Crippen molar-refractivity contribution < 1.29 is 24.4 Å². The van der Waals surface area contributed by atoms with Crippen LogP contribution in [0.25, 0.3) is 0 Å². The first-order valence-corrected chi connectivity index (χ1v) is 11.4. The molecule has 1 aromatic carbocycles. The first-order valence-electron chi connectivity index (χ1n) is 8.80. The highest BCUT2D eigenvalue weighted by atomic mass is 32.2. The average Bonchev–Trinajstić information content (AvgIpc) is 2.58. The maximum absolute atomic E-state index is 12.0. The first kappa shape index (κ1) is 23.0. The summed E-state index contributed by atoms with van der Waals surface area (Å²) in [5.41, 5.74) is -1.82. The lowest BCUT2D eigenvalue weighted by Crippen LogP contribution is -2.08. The van der Waals surface area contributed by atoms with Gasteiger partial charge in [-0.15, -0.1) is 11.8 Å². The number of nitro benzene ring substituents is 1. The summed E-state index contributed by atoms with van der Waals surface area (Å²) in [6.45, 7) is 2.19. The van der Waals surface area contributed by atoms with Crippen LogP contribution in [0.3, 0.4) is 0 Å². The fraction of sp³-hybridized carbons (Fsp3) is 0.588. The Morgan fingerprint density at radius 3 is 2.19 bits per heavy atom. The van der Waals surface area contributed by atoms with Gasteiger partial charge in [-0.3, -0.25) is 10.1 Å². The molecule has 0 radical (unpaired) electrons. The van der Waals surface area contributed by atoms with E-state index in [0.717, 1.165) is 25.3 Å². The monoisotopic (exact) mass is 404 g/mol. The molecule has 0 atom stereocenters.